The van der Waals surface area contributed by atoms with E-state index in [-0.39, 0.29) is 0 Å². The van der Waals surface area contributed by atoms with E-state index >= 15 is 0 Å². The third-order valence-corrected chi connectivity index (χ3v) is 5.67. The number of hydrogen-bond donors (Lipinski definition) is 2. The van der Waals surface area contributed by atoms with Crippen molar-refractivity contribution in [1.29, 1.82) is 0 Å². The van der Waals surface area contributed by atoms with Crippen LogP contribution in [0.15, 0.2) is 0 Å². The summed E-state index contributed by atoms with van der Waals surface area (Å²) in [5.41, 5.74) is 0. The summed E-state index contributed by atoms with van der Waals surface area (Å²) in [7, 11) is -3.49. The Bertz CT molecular complexity index is 397. The molecule has 0 aromatic carbocycles. The van der Waals surface area contributed by atoms with E-state index in [1.54, 1.807) is 20.8 Å². The molecule has 5 nitrogen and oxygen atoms in total. The van der Waals surface area contributed by atoms with E-state index in [1.165, 1.54) is 0 Å². The van der Waals surface area contributed by atoms with Crippen LogP contribution in [0.5, 0.6) is 0 Å². The summed E-state index contributed by atoms with van der Waals surface area (Å²) >= 11 is 0. The highest BCUT2D eigenvalue weighted by Crippen LogP contribution is 2.26. The lowest BCUT2D eigenvalue weighted by atomic mass is 9.96. The van der Waals surface area contributed by atoms with E-state index < -0.39 is 32.7 Å². The summed E-state index contributed by atoms with van der Waals surface area (Å²) in [4.78, 5) is 11.2. The highest BCUT2D eigenvalue weighted by Gasteiger charge is 2.36. The van der Waals surface area contributed by atoms with Crippen LogP contribution < -0.4 is 4.72 Å². The first-order valence-corrected chi connectivity index (χ1v) is 7.88. The number of hydrogen-bond acceptors (Lipinski definition) is 3. The summed E-state index contributed by atoms with van der Waals surface area (Å²) < 4.78 is 25.9. The Morgan fingerprint density at radius 1 is 1.17 bits per heavy atom. The Labute approximate surface area is 109 Å². The summed E-state index contributed by atoms with van der Waals surface area (Å²) in [6, 6.07) is -0.478. The molecule has 0 aromatic rings. The number of carboxylic acids is 1. The molecule has 0 amide bonds. The lowest BCUT2D eigenvalue weighted by Crippen LogP contribution is -2.48. The summed E-state index contributed by atoms with van der Waals surface area (Å²) in [6.45, 7) is 4.84. The molecule has 1 rings (SSSR count). The second-order valence-electron chi connectivity index (χ2n) is 5.92. The van der Waals surface area contributed by atoms with E-state index in [0.717, 1.165) is 19.3 Å². The van der Waals surface area contributed by atoms with E-state index in [2.05, 4.69) is 4.72 Å². The van der Waals surface area contributed by atoms with Gasteiger partial charge in [0.15, 0.2) is 0 Å². The minimum atomic E-state index is -3.49. The Kier molecular flexibility index (Phi) is 4.78. The smallest absolute Gasteiger partial charge is 0.308 e. The number of carbonyl (C=O) groups is 1. The van der Waals surface area contributed by atoms with Crippen LogP contribution in [0.1, 0.15) is 52.9 Å². The van der Waals surface area contributed by atoms with E-state index in [9.17, 15) is 18.3 Å². The molecule has 0 radical (unpaired) electrons. The lowest BCUT2D eigenvalue weighted by molar-refractivity contribution is -0.142. The molecule has 0 saturated heterocycles. The van der Waals surface area contributed by atoms with Crippen LogP contribution in [0.2, 0.25) is 0 Å². The van der Waals surface area contributed by atoms with E-state index in [1.807, 2.05) is 0 Å². The summed E-state index contributed by atoms with van der Waals surface area (Å²) in [6.07, 6.45) is 3.85. The molecule has 2 unspecified atom stereocenters. The zero-order valence-electron chi connectivity index (χ0n) is 11.3. The average Bonchev–Trinajstić information content (AvgIpc) is 2.40. The number of nitrogens with one attached hydrogen (secondary N) is 1. The van der Waals surface area contributed by atoms with E-state index in [0.29, 0.717) is 12.8 Å². The van der Waals surface area contributed by atoms with Gasteiger partial charge in [-0.05, 0) is 33.6 Å². The molecule has 0 spiro atoms. The van der Waals surface area contributed by atoms with Crippen molar-refractivity contribution >= 4 is 16.0 Å². The van der Waals surface area contributed by atoms with E-state index in [4.69, 9.17) is 0 Å². The maximum atomic E-state index is 12.1. The van der Waals surface area contributed by atoms with Crippen molar-refractivity contribution in [3.8, 4) is 0 Å². The van der Waals surface area contributed by atoms with Crippen molar-refractivity contribution in [2.24, 2.45) is 5.92 Å². The number of carboxylic acid groups (broad SMARTS) is 1. The van der Waals surface area contributed by atoms with Gasteiger partial charge in [-0.1, -0.05) is 19.3 Å². The van der Waals surface area contributed by atoms with Crippen molar-refractivity contribution in [1.82, 2.24) is 4.72 Å². The number of aliphatic carboxylic acids is 1. The monoisotopic (exact) mass is 277 g/mol. The fraction of sp³-hybridized carbons (Fsp3) is 0.917. The Morgan fingerprint density at radius 2 is 1.72 bits per heavy atom. The SMILES string of the molecule is CC(C)(C)S(=O)(=O)NC1CCCCCC1C(=O)O. The third-order valence-electron chi connectivity index (χ3n) is 3.45. The second kappa shape index (κ2) is 5.57. The van der Waals surface area contributed by atoms with Crippen molar-refractivity contribution in [3.05, 3.63) is 0 Å². The fourth-order valence-corrected chi connectivity index (χ4v) is 3.15. The largest absolute Gasteiger partial charge is 0.481 e. The van der Waals surface area contributed by atoms with Gasteiger partial charge in [0.1, 0.15) is 0 Å². The second-order valence-corrected chi connectivity index (χ2v) is 8.39. The Hall–Kier alpha value is -0.620. The molecule has 2 N–H and O–H groups in total. The summed E-state index contributed by atoms with van der Waals surface area (Å²) in [5.74, 6) is -1.51. The molecule has 0 aromatic heterocycles. The fourth-order valence-electron chi connectivity index (χ4n) is 2.12. The molecule has 18 heavy (non-hydrogen) atoms. The van der Waals surface area contributed by atoms with Gasteiger partial charge in [-0.15, -0.1) is 0 Å². The first kappa shape index (κ1) is 15.4. The number of sulfonamides is 1. The van der Waals surface area contributed by atoms with Crippen LogP contribution in [0.3, 0.4) is 0 Å². The topological polar surface area (TPSA) is 83.5 Å². The van der Waals surface area contributed by atoms with Crippen molar-refractivity contribution in [2.75, 3.05) is 0 Å². The Morgan fingerprint density at radius 3 is 2.22 bits per heavy atom. The molecule has 0 bridgehead atoms. The highest BCUT2D eigenvalue weighted by atomic mass is 32.2. The highest BCUT2D eigenvalue weighted by molar-refractivity contribution is 7.90. The van der Waals surface area contributed by atoms with Crippen molar-refractivity contribution < 1.29 is 18.3 Å². The zero-order chi connectivity index (χ0) is 14.0. The standard InChI is InChI=1S/C12H23NO4S/c1-12(2,3)18(16,17)13-10-8-6-4-5-7-9(10)11(14)15/h9-10,13H,4-8H2,1-3H3,(H,14,15). The molecule has 1 saturated carbocycles. The normalized spacial score (nSPS) is 26.6. The van der Waals surface area contributed by atoms with Crippen LogP contribution >= 0.6 is 0 Å². The molecule has 2 atom stereocenters. The molecular weight excluding hydrogens is 254 g/mol. The summed E-state index contributed by atoms with van der Waals surface area (Å²) in [5, 5.41) is 9.20. The minimum Gasteiger partial charge on any atom is -0.481 e. The maximum absolute atomic E-state index is 12.1. The molecule has 106 valence electrons. The lowest BCUT2D eigenvalue weighted by Gasteiger charge is -2.27. The van der Waals surface area contributed by atoms with Crippen LogP contribution in [0.25, 0.3) is 0 Å². The quantitative estimate of drug-likeness (QED) is 0.770. The molecule has 1 fully saturated rings. The van der Waals surface area contributed by atoms with Gasteiger partial charge in [0.05, 0.1) is 10.7 Å². The first-order chi connectivity index (χ1) is 8.15. The molecule has 1 aliphatic rings. The van der Waals surface area contributed by atoms with Gasteiger partial charge in [0, 0.05) is 6.04 Å². The zero-order valence-corrected chi connectivity index (χ0v) is 12.1. The van der Waals surface area contributed by atoms with Gasteiger partial charge in [0.2, 0.25) is 10.0 Å². The van der Waals surface area contributed by atoms with Crippen LogP contribution in [0.4, 0.5) is 0 Å². The van der Waals surface area contributed by atoms with Crippen LogP contribution in [-0.4, -0.2) is 30.3 Å². The van der Waals surface area contributed by atoms with Gasteiger partial charge in [-0.25, -0.2) is 13.1 Å². The van der Waals surface area contributed by atoms with Crippen molar-refractivity contribution in [3.63, 3.8) is 0 Å². The van der Waals surface area contributed by atoms with Gasteiger partial charge < -0.3 is 5.11 Å². The molecular formula is C12H23NO4S. The average molecular weight is 277 g/mol. The van der Waals surface area contributed by atoms with Crippen LogP contribution in [0, 0.1) is 5.92 Å². The maximum Gasteiger partial charge on any atom is 0.308 e. The number of rotatable bonds is 3. The molecule has 0 heterocycles. The van der Waals surface area contributed by atoms with Gasteiger partial charge in [-0.2, -0.15) is 0 Å². The Balaban J connectivity index is 2.88. The predicted molar refractivity (Wildman–Crippen MR) is 69.8 cm³/mol. The predicted octanol–water partition coefficient (Wildman–Crippen LogP) is 1.74. The minimum absolute atomic E-state index is 0.478. The molecule has 1 aliphatic carbocycles. The van der Waals surface area contributed by atoms with Gasteiger partial charge in [-0.3, -0.25) is 4.79 Å². The van der Waals surface area contributed by atoms with Crippen molar-refractivity contribution in [2.45, 2.75) is 63.7 Å². The van der Waals surface area contributed by atoms with Gasteiger partial charge in [0.25, 0.3) is 0 Å². The third kappa shape index (κ3) is 3.68. The molecule has 0 aliphatic heterocycles. The van der Waals surface area contributed by atoms with Crippen LogP contribution in [-0.2, 0) is 14.8 Å². The first-order valence-electron chi connectivity index (χ1n) is 6.40. The molecule has 6 heteroatoms. The van der Waals surface area contributed by atoms with Gasteiger partial charge >= 0.3 is 5.97 Å².